The lowest BCUT2D eigenvalue weighted by Gasteiger charge is -2.11. The molecular weight excluding hydrogens is 324 g/mol. The number of halogens is 3. The van der Waals surface area contributed by atoms with Gasteiger partial charge < -0.3 is 4.84 Å². The molecule has 2 aromatic heterocycles. The summed E-state index contributed by atoms with van der Waals surface area (Å²) in [5.41, 5.74) is -2.53. The third-order valence-electron chi connectivity index (χ3n) is 3.36. The van der Waals surface area contributed by atoms with Crippen molar-refractivity contribution >= 4 is 24.8 Å². The lowest BCUT2D eigenvalue weighted by atomic mass is 9.99. The van der Waals surface area contributed by atoms with Crippen molar-refractivity contribution in [2.24, 2.45) is 5.16 Å². The van der Waals surface area contributed by atoms with Gasteiger partial charge in [-0.1, -0.05) is 16.7 Å². The van der Waals surface area contributed by atoms with Crippen LogP contribution in [-0.2, 0) is 15.8 Å². The van der Waals surface area contributed by atoms with Gasteiger partial charge in [-0.2, -0.15) is 18.3 Å². The molecule has 0 N–H and O–H groups in total. The number of hydrogen-bond acceptors (Lipinski definition) is 5. The molecule has 1 aliphatic heterocycles. The minimum atomic E-state index is -4.70. The van der Waals surface area contributed by atoms with E-state index in [1.807, 2.05) is 0 Å². The summed E-state index contributed by atoms with van der Waals surface area (Å²) in [6.45, 7) is 2.93. The first-order chi connectivity index (χ1) is 11.1. The van der Waals surface area contributed by atoms with Crippen LogP contribution in [0.15, 0.2) is 29.6 Å². The van der Waals surface area contributed by atoms with Crippen molar-refractivity contribution in [2.45, 2.75) is 25.6 Å². The molecule has 0 aliphatic carbocycles. The summed E-state index contributed by atoms with van der Waals surface area (Å²) < 4.78 is 40.5. The van der Waals surface area contributed by atoms with Crippen LogP contribution < -0.4 is 5.46 Å². The summed E-state index contributed by atoms with van der Waals surface area (Å²) in [7, 11) is 5.49. The summed E-state index contributed by atoms with van der Waals surface area (Å²) in [4.78, 5) is 20.9. The molecule has 24 heavy (non-hydrogen) atoms. The molecule has 0 saturated heterocycles. The van der Waals surface area contributed by atoms with E-state index in [2.05, 4.69) is 15.2 Å². The van der Waals surface area contributed by atoms with Crippen molar-refractivity contribution in [1.82, 2.24) is 14.8 Å². The number of carbonyl (C=O) groups excluding carboxylic acids is 1. The number of Topliss-reactive ketones (excluding diaryl/α,β-unsaturated/α-hetero) is 1. The Morgan fingerprint density at radius 3 is 2.50 bits per heavy atom. The van der Waals surface area contributed by atoms with Gasteiger partial charge in [-0.3, -0.25) is 4.79 Å². The highest BCUT2D eigenvalue weighted by atomic mass is 19.4. The monoisotopic (exact) mass is 334 g/mol. The van der Waals surface area contributed by atoms with Gasteiger partial charge in [-0.15, -0.1) is 0 Å². The van der Waals surface area contributed by atoms with E-state index in [0.29, 0.717) is 10.1 Å². The maximum absolute atomic E-state index is 13.3. The Bertz CT molecular complexity index is 841. The summed E-state index contributed by atoms with van der Waals surface area (Å²) in [5.74, 6) is -0.639. The first kappa shape index (κ1) is 16.2. The van der Waals surface area contributed by atoms with Gasteiger partial charge >= 0.3 is 6.18 Å². The van der Waals surface area contributed by atoms with E-state index in [0.717, 1.165) is 6.07 Å². The van der Waals surface area contributed by atoms with Crippen LogP contribution in [0.4, 0.5) is 13.2 Å². The van der Waals surface area contributed by atoms with Crippen molar-refractivity contribution in [3.63, 3.8) is 0 Å². The van der Waals surface area contributed by atoms with Crippen LogP contribution in [0.25, 0.3) is 5.82 Å². The Morgan fingerprint density at radius 1 is 1.29 bits per heavy atom. The number of oxime groups is 1. The zero-order valence-electron chi connectivity index (χ0n) is 12.6. The van der Waals surface area contributed by atoms with E-state index in [-0.39, 0.29) is 17.2 Å². The molecule has 3 rings (SSSR count). The van der Waals surface area contributed by atoms with Gasteiger partial charge in [0.1, 0.15) is 13.5 Å². The number of hydrogen-bond donors (Lipinski definition) is 0. The maximum atomic E-state index is 13.3. The predicted octanol–water partition coefficient (Wildman–Crippen LogP) is 1.16. The molecule has 0 amide bonds. The Kier molecular flexibility index (Phi) is 3.50. The Hall–Kier alpha value is -2.65. The Balaban J connectivity index is 2.12. The van der Waals surface area contributed by atoms with Crippen LogP contribution in [0, 0.1) is 0 Å². The summed E-state index contributed by atoms with van der Waals surface area (Å²) in [6, 6.07) is 3.42. The van der Waals surface area contributed by atoms with E-state index in [4.69, 9.17) is 12.7 Å². The summed E-state index contributed by atoms with van der Waals surface area (Å²) in [6.07, 6.45) is -3.49. The minimum absolute atomic E-state index is 0.0889. The molecule has 2 aromatic rings. The van der Waals surface area contributed by atoms with Crippen molar-refractivity contribution in [1.29, 1.82) is 0 Å². The Labute approximate surface area is 135 Å². The third-order valence-corrected chi connectivity index (χ3v) is 3.36. The van der Waals surface area contributed by atoms with Gasteiger partial charge in [0, 0.05) is 6.20 Å². The molecule has 6 nitrogen and oxygen atoms in total. The lowest BCUT2D eigenvalue weighted by molar-refractivity contribution is -0.142. The van der Waals surface area contributed by atoms with E-state index in [9.17, 15) is 18.0 Å². The number of ketones is 1. The van der Waals surface area contributed by atoms with Crippen LogP contribution in [0.2, 0.25) is 0 Å². The molecule has 0 saturated carbocycles. The summed E-state index contributed by atoms with van der Waals surface area (Å²) >= 11 is 0. The molecule has 2 radical (unpaired) electrons. The Morgan fingerprint density at radius 2 is 2.00 bits per heavy atom. The van der Waals surface area contributed by atoms with Gasteiger partial charge in [0.25, 0.3) is 0 Å². The van der Waals surface area contributed by atoms with Crippen LogP contribution in [-0.4, -0.2) is 39.7 Å². The molecule has 0 spiro atoms. The molecule has 0 unspecified atom stereocenters. The third kappa shape index (κ3) is 2.68. The van der Waals surface area contributed by atoms with E-state index in [1.165, 1.54) is 32.2 Å². The molecule has 0 fully saturated rings. The van der Waals surface area contributed by atoms with Gasteiger partial charge in [-0.05, 0) is 26.0 Å². The molecule has 1 aliphatic rings. The fraction of sp³-hybridized carbons (Fsp3) is 0.286. The van der Waals surface area contributed by atoms with E-state index in [1.54, 1.807) is 0 Å². The molecule has 0 bridgehead atoms. The van der Waals surface area contributed by atoms with Crippen molar-refractivity contribution < 1.29 is 22.8 Å². The quantitative estimate of drug-likeness (QED) is 0.773. The van der Waals surface area contributed by atoms with Crippen molar-refractivity contribution in [2.75, 3.05) is 0 Å². The highest BCUT2D eigenvalue weighted by Gasteiger charge is 2.43. The van der Waals surface area contributed by atoms with Gasteiger partial charge in [0.2, 0.25) is 5.78 Å². The van der Waals surface area contributed by atoms with Gasteiger partial charge in [-0.25, -0.2) is 9.67 Å². The second kappa shape index (κ2) is 5.18. The number of carbonyl (C=O) groups is 1. The predicted molar refractivity (Wildman–Crippen MR) is 78.5 cm³/mol. The average Bonchev–Trinajstić information content (AvgIpc) is 3.03. The topological polar surface area (TPSA) is 69.4 Å². The maximum Gasteiger partial charge on any atom is 0.433 e. The average molecular weight is 334 g/mol. The van der Waals surface area contributed by atoms with Crippen LogP contribution >= 0.6 is 0 Å². The highest BCUT2D eigenvalue weighted by molar-refractivity contribution is 6.48. The van der Waals surface area contributed by atoms with Crippen molar-refractivity contribution in [3.8, 4) is 5.82 Å². The van der Waals surface area contributed by atoms with Crippen molar-refractivity contribution in [3.05, 3.63) is 35.8 Å². The largest absolute Gasteiger partial charge is 0.433 e. The highest BCUT2D eigenvalue weighted by Crippen LogP contribution is 2.32. The molecule has 10 heteroatoms. The standard InChI is InChI=1S/C14H10BF3N4O2/c1-13(2)12(23)11(21-24-13)8-5-9(14(16,17)18)22(20-8)10-4-3-7(15)6-19-10/h3-6H,1-2H3. The molecule has 0 atom stereocenters. The summed E-state index contributed by atoms with van der Waals surface area (Å²) in [5, 5.41) is 7.40. The zero-order chi connectivity index (χ0) is 17.7. The normalized spacial score (nSPS) is 16.9. The smallest absolute Gasteiger partial charge is 0.381 e. The molecule has 122 valence electrons. The SMILES string of the molecule is [B]c1ccc(-n2nc(C3=NOC(C)(C)C3=O)cc2C(F)(F)F)nc1. The van der Waals surface area contributed by atoms with Gasteiger partial charge in [0.05, 0.1) is 0 Å². The lowest BCUT2D eigenvalue weighted by Crippen LogP contribution is -2.33. The van der Waals surface area contributed by atoms with Crippen LogP contribution in [0.3, 0.4) is 0 Å². The van der Waals surface area contributed by atoms with Crippen LogP contribution in [0.5, 0.6) is 0 Å². The molecular formula is C14H10BF3N4O2. The fourth-order valence-electron chi connectivity index (χ4n) is 2.09. The van der Waals surface area contributed by atoms with Crippen LogP contribution in [0.1, 0.15) is 25.2 Å². The first-order valence-corrected chi connectivity index (χ1v) is 6.80. The number of aromatic nitrogens is 3. The molecule has 3 heterocycles. The second-order valence-corrected chi connectivity index (χ2v) is 5.64. The number of alkyl halides is 3. The molecule has 0 aromatic carbocycles. The fourth-order valence-corrected chi connectivity index (χ4v) is 2.09. The minimum Gasteiger partial charge on any atom is -0.381 e. The number of nitrogens with zero attached hydrogens (tertiary/aromatic N) is 4. The first-order valence-electron chi connectivity index (χ1n) is 6.80. The van der Waals surface area contributed by atoms with Gasteiger partial charge in [0.15, 0.2) is 22.8 Å². The van der Waals surface area contributed by atoms with E-state index < -0.39 is 23.3 Å². The number of pyridine rings is 1. The zero-order valence-corrected chi connectivity index (χ0v) is 12.6. The number of rotatable bonds is 2. The second-order valence-electron chi connectivity index (χ2n) is 5.64. The van der Waals surface area contributed by atoms with E-state index >= 15 is 0 Å².